The Morgan fingerprint density at radius 2 is 2.20 bits per heavy atom. The van der Waals surface area contributed by atoms with Gasteiger partial charge in [-0.3, -0.25) is 0 Å². The van der Waals surface area contributed by atoms with E-state index in [2.05, 4.69) is 25.6 Å². The minimum atomic E-state index is -0.608. The standard InChI is InChI=1S/C9H6BrFN2O2/c10-4-1-2-6(14)8(9(4)11)5-3-7(12)15-13-5/h1-3,14H,12H2. The smallest absolute Gasteiger partial charge is 0.222 e. The Hall–Kier alpha value is -1.56. The van der Waals surface area contributed by atoms with Crippen molar-refractivity contribution in [3.05, 3.63) is 28.5 Å². The maximum Gasteiger partial charge on any atom is 0.222 e. The second-order valence-corrected chi connectivity index (χ2v) is 3.72. The van der Waals surface area contributed by atoms with E-state index in [1.165, 1.54) is 18.2 Å². The van der Waals surface area contributed by atoms with E-state index in [9.17, 15) is 9.50 Å². The molecule has 0 aliphatic heterocycles. The number of nitrogen functional groups attached to an aromatic ring is 1. The molecule has 0 amide bonds. The topological polar surface area (TPSA) is 72.3 Å². The molecular formula is C9H6BrFN2O2. The lowest BCUT2D eigenvalue weighted by Crippen LogP contribution is -1.87. The highest BCUT2D eigenvalue weighted by molar-refractivity contribution is 9.10. The van der Waals surface area contributed by atoms with Crippen molar-refractivity contribution in [1.82, 2.24) is 5.16 Å². The first-order chi connectivity index (χ1) is 7.09. The summed E-state index contributed by atoms with van der Waals surface area (Å²) in [6.45, 7) is 0. The number of phenolic OH excluding ortho intramolecular Hbond substituents is 1. The molecule has 2 rings (SSSR count). The van der Waals surface area contributed by atoms with E-state index < -0.39 is 5.82 Å². The lowest BCUT2D eigenvalue weighted by atomic mass is 10.1. The average Bonchev–Trinajstić information content (AvgIpc) is 2.59. The molecule has 1 heterocycles. The second-order valence-electron chi connectivity index (χ2n) is 2.87. The van der Waals surface area contributed by atoms with Gasteiger partial charge in [0.2, 0.25) is 5.88 Å². The van der Waals surface area contributed by atoms with Gasteiger partial charge in [-0.2, -0.15) is 0 Å². The van der Waals surface area contributed by atoms with E-state index >= 15 is 0 Å². The van der Waals surface area contributed by atoms with Crippen molar-refractivity contribution in [2.75, 3.05) is 5.73 Å². The van der Waals surface area contributed by atoms with Gasteiger partial charge in [0, 0.05) is 6.07 Å². The maximum atomic E-state index is 13.6. The third-order valence-corrected chi connectivity index (χ3v) is 2.47. The summed E-state index contributed by atoms with van der Waals surface area (Å²) in [5.41, 5.74) is 5.43. The van der Waals surface area contributed by atoms with Gasteiger partial charge in [0.1, 0.15) is 11.4 Å². The third-order valence-electron chi connectivity index (χ3n) is 1.86. The number of nitrogens with two attached hydrogens (primary N) is 1. The maximum absolute atomic E-state index is 13.6. The third kappa shape index (κ3) is 1.68. The zero-order valence-corrected chi connectivity index (χ0v) is 8.95. The number of phenols is 1. The van der Waals surface area contributed by atoms with Gasteiger partial charge >= 0.3 is 0 Å². The molecule has 0 saturated carbocycles. The van der Waals surface area contributed by atoms with Crippen molar-refractivity contribution < 1.29 is 14.0 Å². The van der Waals surface area contributed by atoms with E-state index in [0.29, 0.717) is 0 Å². The molecule has 0 fully saturated rings. The van der Waals surface area contributed by atoms with Crippen molar-refractivity contribution in [1.29, 1.82) is 0 Å². The molecule has 0 radical (unpaired) electrons. The monoisotopic (exact) mass is 272 g/mol. The first-order valence-electron chi connectivity index (χ1n) is 3.99. The summed E-state index contributed by atoms with van der Waals surface area (Å²) >= 11 is 3.01. The molecule has 1 aromatic carbocycles. The molecular weight excluding hydrogens is 267 g/mol. The molecule has 6 heteroatoms. The molecule has 1 aromatic heterocycles. The fourth-order valence-corrected chi connectivity index (χ4v) is 1.52. The van der Waals surface area contributed by atoms with Gasteiger partial charge in [-0.1, -0.05) is 5.16 Å². The van der Waals surface area contributed by atoms with Crippen LogP contribution in [0.3, 0.4) is 0 Å². The van der Waals surface area contributed by atoms with Crippen LogP contribution >= 0.6 is 15.9 Å². The SMILES string of the molecule is Nc1cc(-c2c(O)ccc(Br)c2F)no1. The molecule has 0 aliphatic carbocycles. The fraction of sp³-hybridized carbons (Fsp3) is 0. The molecule has 0 aliphatic rings. The second kappa shape index (κ2) is 3.54. The van der Waals surface area contributed by atoms with Crippen LogP contribution in [0.5, 0.6) is 5.75 Å². The molecule has 0 saturated heterocycles. The Morgan fingerprint density at radius 1 is 1.47 bits per heavy atom. The Labute approximate surface area is 92.6 Å². The number of hydrogen-bond donors (Lipinski definition) is 2. The minimum Gasteiger partial charge on any atom is -0.507 e. The number of aromatic hydroxyl groups is 1. The van der Waals surface area contributed by atoms with Crippen LogP contribution in [-0.4, -0.2) is 10.3 Å². The van der Waals surface area contributed by atoms with Gasteiger partial charge in [-0.15, -0.1) is 0 Å². The van der Waals surface area contributed by atoms with Crippen LogP contribution in [0.15, 0.2) is 27.2 Å². The fourth-order valence-electron chi connectivity index (χ4n) is 1.19. The number of hydrogen-bond acceptors (Lipinski definition) is 4. The van der Waals surface area contributed by atoms with Crippen molar-refractivity contribution in [2.24, 2.45) is 0 Å². The summed E-state index contributed by atoms with van der Waals surface area (Å²) in [7, 11) is 0. The van der Waals surface area contributed by atoms with Crippen molar-refractivity contribution >= 4 is 21.8 Å². The predicted molar refractivity (Wildman–Crippen MR) is 55.7 cm³/mol. The molecule has 2 aromatic rings. The summed E-state index contributed by atoms with van der Waals surface area (Å²) < 4.78 is 18.5. The molecule has 0 bridgehead atoms. The zero-order valence-electron chi connectivity index (χ0n) is 7.37. The van der Waals surface area contributed by atoms with Crippen LogP contribution in [0.1, 0.15) is 0 Å². The van der Waals surface area contributed by atoms with Crippen LogP contribution in [0.2, 0.25) is 0 Å². The first kappa shape index (κ1) is 9.97. The number of rotatable bonds is 1. The van der Waals surface area contributed by atoms with Gasteiger partial charge in [0.25, 0.3) is 0 Å². The molecule has 3 N–H and O–H groups in total. The van der Waals surface area contributed by atoms with Gasteiger partial charge in [0.05, 0.1) is 10.0 Å². The van der Waals surface area contributed by atoms with Gasteiger partial charge in [-0.05, 0) is 28.1 Å². The Balaban J connectivity index is 2.66. The van der Waals surface area contributed by atoms with Crippen molar-refractivity contribution in [3.63, 3.8) is 0 Å². The highest BCUT2D eigenvalue weighted by atomic mass is 79.9. The Kier molecular flexibility index (Phi) is 2.36. The number of benzene rings is 1. The largest absolute Gasteiger partial charge is 0.507 e. The Morgan fingerprint density at radius 3 is 2.80 bits per heavy atom. The number of anilines is 1. The van der Waals surface area contributed by atoms with Crippen LogP contribution in [0, 0.1) is 5.82 Å². The number of aromatic nitrogens is 1. The number of nitrogens with zero attached hydrogens (tertiary/aromatic N) is 1. The van der Waals surface area contributed by atoms with E-state index in [1.54, 1.807) is 0 Å². The molecule has 0 spiro atoms. The zero-order chi connectivity index (χ0) is 11.0. The summed E-state index contributed by atoms with van der Waals surface area (Å²) in [4.78, 5) is 0. The first-order valence-corrected chi connectivity index (χ1v) is 4.78. The molecule has 0 atom stereocenters. The summed E-state index contributed by atoms with van der Waals surface area (Å²) in [5.74, 6) is -0.768. The van der Waals surface area contributed by atoms with Crippen molar-refractivity contribution in [3.8, 4) is 17.0 Å². The summed E-state index contributed by atoms with van der Waals surface area (Å²) in [6, 6.07) is 4.09. The highest BCUT2D eigenvalue weighted by Gasteiger charge is 2.17. The van der Waals surface area contributed by atoms with E-state index in [0.717, 1.165) is 0 Å². The van der Waals surface area contributed by atoms with Gasteiger partial charge < -0.3 is 15.4 Å². The predicted octanol–water partition coefficient (Wildman–Crippen LogP) is 2.53. The van der Waals surface area contributed by atoms with Crippen LogP contribution in [0.4, 0.5) is 10.3 Å². The van der Waals surface area contributed by atoms with Crippen LogP contribution in [-0.2, 0) is 0 Å². The minimum absolute atomic E-state index is 0.0372. The Bertz CT molecular complexity index is 513. The molecule has 0 unspecified atom stereocenters. The normalized spacial score (nSPS) is 10.5. The van der Waals surface area contributed by atoms with Crippen LogP contribution < -0.4 is 5.73 Å². The van der Waals surface area contributed by atoms with E-state index in [-0.39, 0.29) is 27.4 Å². The lowest BCUT2D eigenvalue weighted by Gasteiger charge is -2.03. The van der Waals surface area contributed by atoms with Gasteiger partial charge in [-0.25, -0.2) is 4.39 Å². The highest BCUT2D eigenvalue weighted by Crippen LogP contribution is 2.35. The number of halogens is 2. The van der Waals surface area contributed by atoms with Gasteiger partial charge in [0.15, 0.2) is 5.82 Å². The van der Waals surface area contributed by atoms with E-state index in [4.69, 9.17) is 5.73 Å². The average molecular weight is 273 g/mol. The molecule has 4 nitrogen and oxygen atoms in total. The molecule has 15 heavy (non-hydrogen) atoms. The summed E-state index contributed by atoms with van der Waals surface area (Å²) in [6.07, 6.45) is 0. The quantitative estimate of drug-likeness (QED) is 0.837. The molecule has 78 valence electrons. The van der Waals surface area contributed by atoms with E-state index in [1.807, 2.05) is 0 Å². The lowest BCUT2D eigenvalue weighted by molar-refractivity contribution is 0.435. The summed E-state index contributed by atoms with van der Waals surface area (Å²) in [5, 5.41) is 13.0. The van der Waals surface area contributed by atoms with Crippen molar-refractivity contribution in [2.45, 2.75) is 0 Å². The van der Waals surface area contributed by atoms with Crippen LogP contribution in [0.25, 0.3) is 11.3 Å².